The topological polar surface area (TPSA) is 45.8 Å². The van der Waals surface area contributed by atoms with Crippen LogP contribution in [0.25, 0.3) is 0 Å². The summed E-state index contributed by atoms with van der Waals surface area (Å²) in [7, 11) is 0. The molecule has 3 rings (SSSR count). The molecule has 1 fully saturated rings. The van der Waals surface area contributed by atoms with Crippen LogP contribution < -0.4 is 5.56 Å². The van der Waals surface area contributed by atoms with Gasteiger partial charge in [0.15, 0.2) is 0 Å². The van der Waals surface area contributed by atoms with E-state index in [1.54, 1.807) is 6.33 Å². The average molecular weight is 204 g/mol. The maximum atomic E-state index is 11.6. The van der Waals surface area contributed by atoms with Gasteiger partial charge in [0, 0.05) is 11.5 Å². The Kier molecular flexibility index (Phi) is 2.11. The van der Waals surface area contributed by atoms with Gasteiger partial charge in [0.25, 0.3) is 5.56 Å². The smallest absolute Gasteiger partial charge is 0.254 e. The number of fused-ring (bicyclic) bond motifs is 3. The van der Waals surface area contributed by atoms with E-state index in [0.29, 0.717) is 5.92 Å². The molecule has 1 aromatic rings. The van der Waals surface area contributed by atoms with Crippen molar-refractivity contribution in [3.05, 3.63) is 27.9 Å². The Labute approximate surface area is 88.9 Å². The molecule has 2 aliphatic carbocycles. The molecule has 0 amide bonds. The Morgan fingerprint density at radius 3 is 3.07 bits per heavy atom. The molecule has 1 heterocycles. The quantitative estimate of drug-likeness (QED) is 0.702. The van der Waals surface area contributed by atoms with Gasteiger partial charge in [0.1, 0.15) is 0 Å². The lowest BCUT2D eigenvalue weighted by atomic mass is 9.70. The summed E-state index contributed by atoms with van der Waals surface area (Å²) in [5, 5.41) is 0. The molecule has 3 heteroatoms. The molecular formula is C12H16N2O. The molecular weight excluding hydrogens is 188 g/mol. The molecule has 0 aliphatic heterocycles. The van der Waals surface area contributed by atoms with Gasteiger partial charge < -0.3 is 4.98 Å². The van der Waals surface area contributed by atoms with Crippen molar-refractivity contribution in [2.24, 2.45) is 5.92 Å². The molecule has 80 valence electrons. The van der Waals surface area contributed by atoms with Gasteiger partial charge in [-0.15, -0.1) is 0 Å². The molecule has 0 unspecified atom stereocenters. The zero-order chi connectivity index (χ0) is 10.3. The summed E-state index contributed by atoms with van der Waals surface area (Å²) >= 11 is 0. The van der Waals surface area contributed by atoms with Crippen LogP contribution in [0, 0.1) is 5.92 Å². The second-order valence-electron chi connectivity index (χ2n) is 4.79. The van der Waals surface area contributed by atoms with Gasteiger partial charge in [-0.1, -0.05) is 12.8 Å². The Bertz CT molecular complexity index is 424. The molecule has 0 radical (unpaired) electrons. The second-order valence-corrected chi connectivity index (χ2v) is 4.79. The minimum Gasteiger partial charge on any atom is -0.313 e. The number of hydrogen-bond donors (Lipinski definition) is 1. The minimum atomic E-state index is 0.0871. The Morgan fingerprint density at radius 2 is 2.13 bits per heavy atom. The first-order chi connectivity index (χ1) is 7.36. The molecule has 1 aromatic heterocycles. The van der Waals surface area contributed by atoms with Crippen molar-refractivity contribution in [2.75, 3.05) is 0 Å². The van der Waals surface area contributed by atoms with Gasteiger partial charge >= 0.3 is 0 Å². The fourth-order valence-electron chi connectivity index (χ4n) is 3.25. The summed E-state index contributed by atoms with van der Waals surface area (Å²) in [5.41, 5.74) is 2.15. The number of nitrogens with zero attached hydrogens (tertiary/aromatic N) is 1. The zero-order valence-corrected chi connectivity index (χ0v) is 8.83. The van der Waals surface area contributed by atoms with Crippen LogP contribution in [-0.4, -0.2) is 9.97 Å². The number of aromatic nitrogens is 2. The highest BCUT2D eigenvalue weighted by atomic mass is 16.1. The predicted octanol–water partition coefficient (Wildman–Crippen LogP) is 1.99. The number of hydrogen-bond acceptors (Lipinski definition) is 2. The van der Waals surface area contributed by atoms with Crippen molar-refractivity contribution < 1.29 is 0 Å². The van der Waals surface area contributed by atoms with Crippen molar-refractivity contribution in [1.29, 1.82) is 0 Å². The lowest BCUT2D eigenvalue weighted by Crippen LogP contribution is -2.30. The fourth-order valence-corrected chi connectivity index (χ4v) is 3.25. The Balaban J connectivity index is 2.07. The van der Waals surface area contributed by atoms with Crippen LogP contribution in [0.3, 0.4) is 0 Å². The molecule has 0 saturated heterocycles. The monoisotopic (exact) mass is 204 g/mol. The zero-order valence-electron chi connectivity index (χ0n) is 8.83. The summed E-state index contributed by atoms with van der Waals surface area (Å²) < 4.78 is 0. The number of rotatable bonds is 0. The molecule has 3 nitrogen and oxygen atoms in total. The van der Waals surface area contributed by atoms with Crippen LogP contribution in [0.15, 0.2) is 11.1 Å². The molecule has 0 aromatic carbocycles. The van der Waals surface area contributed by atoms with Crippen LogP contribution >= 0.6 is 0 Å². The fraction of sp³-hybridized carbons (Fsp3) is 0.667. The van der Waals surface area contributed by atoms with E-state index in [4.69, 9.17) is 0 Å². The third-order valence-corrected chi connectivity index (χ3v) is 4.01. The van der Waals surface area contributed by atoms with E-state index in [0.717, 1.165) is 23.6 Å². The lowest BCUT2D eigenvalue weighted by molar-refractivity contribution is 0.269. The molecule has 2 aliphatic rings. The van der Waals surface area contributed by atoms with E-state index < -0.39 is 0 Å². The summed E-state index contributed by atoms with van der Waals surface area (Å²) in [5.74, 6) is 1.37. The van der Waals surface area contributed by atoms with Gasteiger partial charge in [0.2, 0.25) is 0 Å². The summed E-state index contributed by atoms with van der Waals surface area (Å²) in [4.78, 5) is 18.7. The highest BCUT2D eigenvalue weighted by Gasteiger charge is 2.33. The van der Waals surface area contributed by atoms with Gasteiger partial charge in [-0.3, -0.25) is 4.79 Å². The lowest BCUT2D eigenvalue weighted by Gasteiger charge is -2.35. The van der Waals surface area contributed by atoms with Gasteiger partial charge in [-0.25, -0.2) is 4.98 Å². The highest BCUT2D eigenvalue weighted by molar-refractivity contribution is 5.25. The van der Waals surface area contributed by atoms with Crippen molar-refractivity contribution in [3.63, 3.8) is 0 Å². The third kappa shape index (κ3) is 1.41. The van der Waals surface area contributed by atoms with Crippen molar-refractivity contribution in [3.8, 4) is 0 Å². The SMILES string of the molecule is O=c1[nH]cnc2c1CC[C@H]1CCCC[C@H]21. The Hall–Kier alpha value is -1.12. The Morgan fingerprint density at radius 1 is 1.27 bits per heavy atom. The van der Waals surface area contributed by atoms with Gasteiger partial charge in [-0.05, 0) is 31.6 Å². The average Bonchev–Trinajstić information content (AvgIpc) is 2.29. The number of H-pyrrole nitrogens is 1. The molecule has 1 saturated carbocycles. The van der Waals surface area contributed by atoms with Crippen molar-refractivity contribution in [1.82, 2.24) is 9.97 Å². The van der Waals surface area contributed by atoms with Gasteiger partial charge in [0.05, 0.1) is 12.0 Å². The highest BCUT2D eigenvalue weighted by Crippen LogP contribution is 2.42. The van der Waals surface area contributed by atoms with E-state index >= 15 is 0 Å². The largest absolute Gasteiger partial charge is 0.313 e. The van der Waals surface area contributed by atoms with Gasteiger partial charge in [-0.2, -0.15) is 0 Å². The van der Waals surface area contributed by atoms with E-state index in [1.165, 1.54) is 32.1 Å². The molecule has 0 spiro atoms. The molecule has 15 heavy (non-hydrogen) atoms. The number of nitrogens with one attached hydrogen (secondary N) is 1. The standard InChI is InChI=1S/C12H16N2O/c15-12-10-6-5-8-3-1-2-4-9(8)11(10)13-7-14-12/h7-9H,1-6H2,(H,13,14,15)/t8-,9+/m1/s1. The van der Waals surface area contributed by atoms with Crippen LogP contribution in [-0.2, 0) is 6.42 Å². The van der Waals surface area contributed by atoms with E-state index in [9.17, 15) is 4.79 Å². The van der Waals surface area contributed by atoms with Crippen LogP contribution in [0.1, 0.15) is 49.3 Å². The molecule has 2 atom stereocenters. The van der Waals surface area contributed by atoms with Crippen molar-refractivity contribution in [2.45, 2.75) is 44.4 Å². The van der Waals surface area contributed by atoms with Crippen molar-refractivity contribution >= 4 is 0 Å². The third-order valence-electron chi connectivity index (χ3n) is 4.01. The van der Waals surface area contributed by atoms with Crippen LogP contribution in [0.4, 0.5) is 0 Å². The number of aromatic amines is 1. The van der Waals surface area contributed by atoms with Crippen LogP contribution in [0.2, 0.25) is 0 Å². The first-order valence-corrected chi connectivity index (χ1v) is 5.92. The second kappa shape index (κ2) is 3.47. The van der Waals surface area contributed by atoms with E-state index in [1.807, 2.05) is 0 Å². The maximum Gasteiger partial charge on any atom is 0.254 e. The first kappa shape index (κ1) is 9.13. The molecule has 0 bridgehead atoms. The van der Waals surface area contributed by atoms with Crippen LogP contribution in [0.5, 0.6) is 0 Å². The minimum absolute atomic E-state index is 0.0871. The normalized spacial score (nSPS) is 29.3. The first-order valence-electron chi connectivity index (χ1n) is 5.92. The van der Waals surface area contributed by atoms with E-state index in [2.05, 4.69) is 9.97 Å². The predicted molar refractivity (Wildman–Crippen MR) is 57.9 cm³/mol. The maximum absolute atomic E-state index is 11.6. The summed E-state index contributed by atoms with van der Waals surface area (Å²) in [6, 6.07) is 0. The summed E-state index contributed by atoms with van der Waals surface area (Å²) in [6.45, 7) is 0. The molecule has 1 N–H and O–H groups in total. The summed E-state index contributed by atoms with van der Waals surface area (Å²) in [6.07, 6.45) is 8.91. The van der Waals surface area contributed by atoms with E-state index in [-0.39, 0.29) is 5.56 Å².